The lowest BCUT2D eigenvalue weighted by atomic mass is 10.3. The highest BCUT2D eigenvalue weighted by atomic mass is 32.2. The zero-order valence-corrected chi connectivity index (χ0v) is 11.3. The second kappa shape index (κ2) is 5.33. The molecule has 1 aromatic rings. The van der Waals surface area contributed by atoms with Gasteiger partial charge in [0.05, 0.1) is 12.3 Å². The van der Waals surface area contributed by atoms with Gasteiger partial charge in [-0.1, -0.05) is 0 Å². The number of nitrogens with zero attached hydrogens (tertiary/aromatic N) is 2. The van der Waals surface area contributed by atoms with Crippen molar-refractivity contribution in [1.29, 1.82) is 0 Å². The first-order chi connectivity index (χ1) is 9.72. The number of sulfonamides is 1. The van der Waals surface area contributed by atoms with Crippen LogP contribution in [-0.2, 0) is 10.0 Å². The fourth-order valence-corrected chi connectivity index (χ4v) is 2.63. The van der Waals surface area contributed by atoms with Crippen molar-refractivity contribution in [3.05, 3.63) is 29.6 Å². The lowest BCUT2D eigenvalue weighted by molar-refractivity contribution is 0.193. The number of hydrogen-bond donors (Lipinski definition) is 2. The van der Waals surface area contributed by atoms with Crippen LogP contribution in [0.5, 0.6) is 0 Å². The van der Waals surface area contributed by atoms with E-state index in [1.807, 2.05) is 5.43 Å². The summed E-state index contributed by atoms with van der Waals surface area (Å²) in [6, 6.07) is 0.127. The van der Waals surface area contributed by atoms with Gasteiger partial charge in [-0.05, 0) is 19.1 Å². The van der Waals surface area contributed by atoms with Gasteiger partial charge in [0, 0.05) is 0 Å². The van der Waals surface area contributed by atoms with E-state index < -0.39 is 38.4 Å². The van der Waals surface area contributed by atoms with Crippen molar-refractivity contribution in [1.82, 2.24) is 15.3 Å². The maximum Gasteiger partial charge on any atom is 0.353 e. The lowest BCUT2D eigenvalue weighted by Crippen LogP contribution is -2.54. The number of rotatable bonds is 3. The van der Waals surface area contributed by atoms with Crippen LogP contribution in [0.15, 0.2) is 22.1 Å². The number of carbonyl (C=O) groups is 1. The Morgan fingerprint density at radius 3 is 2.62 bits per heavy atom. The first kappa shape index (κ1) is 15.3. The average Bonchev–Trinajstić information content (AvgIpc) is 2.39. The van der Waals surface area contributed by atoms with Gasteiger partial charge in [-0.2, -0.15) is 5.10 Å². The van der Waals surface area contributed by atoms with Gasteiger partial charge < -0.3 is 0 Å². The molecule has 11 heteroatoms. The van der Waals surface area contributed by atoms with E-state index in [1.165, 1.54) is 6.92 Å². The molecule has 1 heterocycles. The fourth-order valence-electron chi connectivity index (χ4n) is 1.52. The van der Waals surface area contributed by atoms with Crippen LogP contribution in [0.25, 0.3) is 0 Å². The lowest BCUT2D eigenvalue weighted by Gasteiger charge is -2.25. The van der Waals surface area contributed by atoms with Crippen LogP contribution < -0.4 is 10.3 Å². The predicted octanol–water partition coefficient (Wildman–Crippen LogP) is 0.698. The van der Waals surface area contributed by atoms with Crippen molar-refractivity contribution in [3.63, 3.8) is 0 Å². The first-order valence-electron chi connectivity index (χ1n) is 5.49. The molecule has 0 aliphatic carbocycles. The van der Waals surface area contributed by atoms with Crippen molar-refractivity contribution in [2.45, 2.75) is 11.8 Å². The smallest absolute Gasteiger partial charge is 0.245 e. The van der Waals surface area contributed by atoms with Crippen molar-refractivity contribution < 1.29 is 26.4 Å². The van der Waals surface area contributed by atoms with Crippen molar-refractivity contribution in [2.24, 2.45) is 5.10 Å². The summed E-state index contributed by atoms with van der Waals surface area (Å²) in [5.74, 6) is -5.31. The van der Waals surface area contributed by atoms with Gasteiger partial charge >= 0.3 is 6.03 Å². The van der Waals surface area contributed by atoms with E-state index >= 15 is 0 Å². The summed E-state index contributed by atoms with van der Waals surface area (Å²) < 4.78 is 63.3. The molecule has 1 aliphatic rings. The highest BCUT2D eigenvalue weighted by Crippen LogP contribution is 2.19. The molecule has 0 spiro atoms. The van der Waals surface area contributed by atoms with E-state index in [0.29, 0.717) is 22.9 Å². The Bertz CT molecular complexity index is 735. The predicted molar refractivity (Wildman–Crippen MR) is 65.0 cm³/mol. The Balaban J connectivity index is 2.33. The fraction of sp³-hybridized carbons (Fsp3) is 0.200. The molecule has 0 radical (unpaired) electrons. The van der Waals surface area contributed by atoms with E-state index in [2.05, 4.69) is 5.10 Å². The monoisotopic (exact) mass is 322 g/mol. The van der Waals surface area contributed by atoms with Gasteiger partial charge in [0.25, 0.3) is 10.0 Å². The summed E-state index contributed by atoms with van der Waals surface area (Å²) in [4.78, 5) is 12.1. The summed E-state index contributed by atoms with van der Waals surface area (Å²) >= 11 is 0. The summed E-state index contributed by atoms with van der Waals surface area (Å²) in [5, 5.41) is 4.17. The van der Waals surface area contributed by atoms with Crippen LogP contribution in [0.1, 0.15) is 6.92 Å². The number of urea groups is 1. The summed E-state index contributed by atoms with van der Waals surface area (Å²) in [6.45, 7) is 1.33. The Morgan fingerprint density at radius 2 is 1.95 bits per heavy atom. The maximum atomic E-state index is 13.5. The normalized spacial score (nSPS) is 15.7. The molecule has 0 bridgehead atoms. The van der Waals surface area contributed by atoms with Crippen molar-refractivity contribution >= 4 is 21.8 Å². The zero-order chi connectivity index (χ0) is 15.8. The largest absolute Gasteiger partial charge is 0.353 e. The molecule has 1 aliphatic heterocycles. The molecule has 0 fully saturated rings. The second-order valence-corrected chi connectivity index (χ2v) is 5.75. The third kappa shape index (κ3) is 2.97. The minimum atomic E-state index is -4.61. The molecule has 21 heavy (non-hydrogen) atoms. The number of benzene rings is 1. The molecule has 0 saturated carbocycles. The SMILES string of the molecule is CC1=NNC(=O)N(NS(=O)(=O)c2ccc(F)c(F)c2F)C1. The number of halogens is 3. The summed E-state index contributed by atoms with van der Waals surface area (Å²) in [6.07, 6.45) is 0. The third-order valence-electron chi connectivity index (χ3n) is 2.49. The Morgan fingerprint density at radius 1 is 1.29 bits per heavy atom. The molecule has 0 saturated heterocycles. The molecule has 114 valence electrons. The maximum absolute atomic E-state index is 13.5. The third-order valence-corrected chi connectivity index (χ3v) is 3.85. The summed E-state index contributed by atoms with van der Waals surface area (Å²) in [5.41, 5.74) is 2.39. The zero-order valence-electron chi connectivity index (χ0n) is 10.5. The topological polar surface area (TPSA) is 90.9 Å². The number of hydrogen-bond acceptors (Lipinski definition) is 4. The molecule has 2 rings (SSSR count). The molecule has 7 nitrogen and oxygen atoms in total. The van der Waals surface area contributed by atoms with E-state index in [0.717, 1.165) is 0 Å². The Kier molecular flexibility index (Phi) is 3.87. The highest BCUT2D eigenvalue weighted by Gasteiger charge is 2.29. The van der Waals surface area contributed by atoms with Crippen molar-refractivity contribution in [3.8, 4) is 0 Å². The quantitative estimate of drug-likeness (QED) is 0.803. The standard InChI is InChI=1S/C10H9F3N4O3S/c1-5-4-17(10(18)15-14-5)16-21(19,20)7-3-2-6(11)8(12)9(7)13/h2-3,16H,4H2,1H3,(H,15,18). The van der Waals surface area contributed by atoms with Crippen LogP contribution in [-0.4, -0.2) is 31.7 Å². The van der Waals surface area contributed by atoms with Crippen molar-refractivity contribution in [2.75, 3.05) is 6.54 Å². The van der Waals surface area contributed by atoms with E-state index in [9.17, 15) is 26.4 Å². The van der Waals surface area contributed by atoms with Crippen LogP contribution in [0.4, 0.5) is 18.0 Å². The molecular formula is C10H9F3N4O3S. The Labute approximate surface area is 117 Å². The molecule has 2 amide bonds. The molecule has 1 aromatic carbocycles. The number of hydrazine groups is 1. The van der Waals surface area contributed by atoms with E-state index in [4.69, 9.17) is 0 Å². The number of nitrogens with one attached hydrogen (secondary N) is 2. The number of amides is 2. The highest BCUT2D eigenvalue weighted by molar-refractivity contribution is 7.89. The van der Waals surface area contributed by atoms with Crippen LogP contribution in [0.2, 0.25) is 0 Å². The molecule has 0 atom stereocenters. The molecule has 0 aromatic heterocycles. The van der Waals surface area contributed by atoms with E-state index in [1.54, 1.807) is 4.83 Å². The second-order valence-electron chi connectivity index (χ2n) is 4.12. The molecule has 2 N–H and O–H groups in total. The summed E-state index contributed by atoms with van der Waals surface area (Å²) in [7, 11) is -4.61. The van der Waals surface area contributed by atoms with Crippen LogP contribution in [0, 0.1) is 17.5 Å². The van der Waals surface area contributed by atoms with Gasteiger partial charge in [0.1, 0.15) is 4.90 Å². The van der Waals surface area contributed by atoms with Gasteiger partial charge in [-0.25, -0.2) is 36.8 Å². The average molecular weight is 322 g/mol. The first-order valence-corrected chi connectivity index (χ1v) is 6.97. The van der Waals surface area contributed by atoms with Gasteiger partial charge in [0.15, 0.2) is 17.5 Å². The van der Waals surface area contributed by atoms with Gasteiger partial charge in [0.2, 0.25) is 0 Å². The van der Waals surface area contributed by atoms with Gasteiger partial charge in [-0.15, -0.1) is 4.83 Å². The molecular weight excluding hydrogens is 313 g/mol. The molecule has 0 unspecified atom stereocenters. The number of hydrazone groups is 1. The van der Waals surface area contributed by atoms with Crippen LogP contribution >= 0.6 is 0 Å². The minimum absolute atomic E-state index is 0.184. The Hall–Kier alpha value is -2.14. The van der Waals surface area contributed by atoms with E-state index in [-0.39, 0.29) is 6.54 Å². The van der Waals surface area contributed by atoms with Gasteiger partial charge in [-0.3, -0.25) is 0 Å². The number of carbonyl (C=O) groups excluding carboxylic acids is 1. The van der Waals surface area contributed by atoms with Crippen LogP contribution in [0.3, 0.4) is 0 Å². The minimum Gasteiger partial charge on any atom is -0.245 e.